The molecule has 23 heavy (non-hydrogen) atoms. The third-order valence-electron chi connectivity index (χ3n) is 3.71. The minimum absolute atomic E-state index is 0.0918. The zero-order valence-electron chi connectivity index (χ0n) is 12.2. The maximum atomic E-state index is 12.8. The molecule has 1 N–H and O–H groups in total. The molecule has 0 aliphatic carbocycles. The Balaban J connectivity index is 1.98. The van der Waals surface area contributed by atoms with Crippen molar-refractivity contribution in [1.29, 1.82) is 5.26 Å². The standard InChI is InChI=1S/C15H15ClF3N3O/c16-12-4-3-10(7-20)13(6-12)21-14(23)9-22-5-1-2-11(8-22)15(17,18)19/h3-4,6,11H,1-2,5,8-9H2,(H,21,23)/t11-/m1/s1. The molecule has 1 fully saturated rings. The first kappa shape index (κ1) is 17.6. The van der Waals surface area contributed by atoms with E-state index in [0.29, 0.717) is 18.0 Å². The molecule has 8 heteroatoms. The number of likely N-dealkylation sites (tertiary alicyclic amines) is 1. The maximum Gasteiger partial charge on any atom is 0.393 e. The number of nitrogens with zero attached hydrogens (tertiary/aromatic N) is 2. The second-order valence-electron chi connectivity index (χ2n) is 5.47. The Kier molecular flexibility index (Phi) is 5.50. The highest BCUT2D eigenvalue weighted by atomic mass is 35.5. The first-order chi connectivity index (χ1) is 10.8. The summed E-state index contributed by atoms with van der Waals surface area (Å²) in [5.41, 5.74) is 0.504. The van der Waals surface area contributed by atoms with E-state index < -0.39 is 18.0 Å². The predicted octanol–water partition coefficient (Wildman–Crippen LogP) is 3.42. The molecule has 1 saturated heterocycles. The third kappa shape index (κ3) is 4.85. The van der Waals surface area contributed by atoms with Crippen molar-refractivity contribution in [1.82, 2.24) is 4.90 Å². The van der Waals surface area contributed by atoms with Crippen LogP contribution in [-0.4, -0.2) is 36.6 Å². The average Bonchev–Trinajstić information content (AvgIpc) is 2.46. The predicted molar refractivity (Wildman–Crippen MR) is 80.0 cm³/mol. The Labute approximate surface area is 136 Å². The zero-order valence-corrected chi connectivity index (χ0v) is 12.9. The second kappa shape index (κ2) is 7.20. The van der Waals surface area contributed by atoms with Gasteiger partial charge in [-0.15, -0.1) is 0 Å². The molecule has 1 atom stereocenters. The van der Waals surface area contributed by atoms with Crippen molar-refractivity contribution in [2.75, 3.05) is 25.0 Å². The number of nitrogens with one attached hydrogen (secondary N) is 1. The van der Waals surface area contributed by atoms with Gasteiger partial charge in [0, 0.05) is 11.6 Å². The summed E-state index contributed by atoms with van der Waals surface area (Å²) < 4.78 is 38.3. The maximum absolute atomic E-state index is 12.8. The van der Waals surface area contributed by atoms with Gasteiger partial charge in [0.25, 0.3) is 0 Å². The van der Waals surface area contributed by atoms with Gasteiger partial charge in [-0.05, 0) is 37.6 Å². The Hall–Kier alpha value is -1.78. The second-order valence-corrected chi connectivity index (χ2v) is 5.90. The van der Waals surface area contributed by atoms with Crippen LogP contribution in [0.15, 0.2) is 18.2 Å². The lowest BCUT2D eigenvalue weighted by molar-refractivity contribution is -0.186. The van der Waals surface area contributed by atoms with E-state index in [9.17, 15) is 18.0 Å². The topological polar surface area (TPSA) is 56.1 Å². The van der Waals surface area contributed by atoms with Crippen LogP contribution in [0.1, 0.15) is 18.4 Å². The van der Waals surface area contributed by atoms with E-state index in [2.05, 4.69) is 5.32 Å². The average molecular weight is 346 g/mol. The van der Waals surface area contributed by atoms with Crippen molar-refractivity contribution in [3.63, 3.8) is 0 Å². The van der Waals surface area contributed by atoms with Gasteiger partial charge in [0.1, 0.15) is 6.07 Å². The van der Waals surface area contributed by atoms with Crippen molar-refractivity contribution < 1.29 is 18.0 Å². The van der Waals surface area contributed by atoms with E-state index in [-0.39, 0.29) is 30.8 Å². The highest BCUT2D eigenvalue weighted by molar-refractivity contribution is 6.31. The van der Waals surface area contributed by atoms with Gasteiger partial charge in [0.2, 0.25) is 5.91 Å². The van der Waals surface area contributed by atoms with Crippen molar-refractivity contribution in [2.24, 2.45) is 5.92 Å². The van der Waals surface area contributed by atoms with E-state index in [0.717, 1.165) is 0 Å². The van der Waals surface area contributed by atoms with Gasteiger partial charge in [0.15, 0.2) is 0 Å². The Morgan fingerprint density at radius 2 is 2.22 bits per heavy atom. The first-order valence-corrected chi connectivity index (χ1v) is 7.46. The smallest absolute Gasteiger partial charge is 0.324 e. The molecule has 0 aromatic heterocycles. The normalized spacial score (nSPS) is 19.2. The number of anilines is 1. The van der Waals surface area contributed by atoms with Crippen molar-refractivity contribution in [3.05, 3.63) is 28.8 Å². The van der Waals surface area contributed by atoms with Gasteiger partial charge in [-0.1, -0.05) is 11.6 Å². The van der Waals surface area contributed by atoms with Crippen molar-refractivity contribution in [2.45, 2.75) is 19.0 Å². The number of carbonyl (C=O) groups is 1. The molecule has 0 saturated carbocycles. The number of carbonyl (C=O) groups excluding carboxylic acids is 1. The molecule has 1 heterocycles. The van der Waals surface area contributed by atoms with Crippen LogP contribution in [0.3, 0.4) is 0 Å². The van der Waals surface area contributed by atoms with Crippen molar-refractivity contribution >= 4 is 23.2 Å². The number of hydrogen-bond acceptors (Lipinski definition) is 3. The van der Waals surface area contributed by atoms with Gasteiger partial charge < -0.3 is 5.32 Å². The lowest BCUT2D eigenvalue weighted by Crippen LogP contribution is -2.44. The van der Waals surface area contributed by atoms with E-state index in [1.807, 2.05) is 6.07 Å². The molecule has 4 nitrogen and oxygen atoms in total. The summed E-state index contributed by atoms with van der Waals surface area (Å²) in [6, 6.07) is 6.35. The number of alkyl halides is 3. The summed E-state index contributed by atoms with van der Waals surface area (Å²) >= 11 is 5.82. The summed E-state index contributed by atoms with van der Waals surface area (Å²) in [7, 11) is 0. The van der Waals surface area contributed by atoms with E-state index in [1.165, 1.54) is 23.1 Å². The zero-order chi connectivity index (χ0) is 17.0. The summed E-state index contributed by atoms with van der Waals surface area (Å²) in [5, 5.41) is 11.9. The Morgan fingerprint density at radius 3 is 2.87 bits per heavy atom. The number of hydrogen-bond donors (Lipinski definition) is 1. The quantitative estimate of drug-likeness (QED) is 0.913. The molecular formula is C15H15ClF3N3O. The molecule has 1 aliphatic rings. The molecule has 0 spiro atoms. The van der Waals surface area contributed by atoms with Gasteiger partial charge in [-0.2, -0.15) is 18.4 Å². The van der Waals surface area contributed by atoms with Crippen LogP contribution >= 0.6 is 11.6 Å². The van der Waals surface area contributed by atoms with E-state index >= 15 is 0 Å². The molecule has 1 aromatic carbocycles. The van der Waals surface area contributed by atoms with Gasteiger partial charge in [-0.3, -0.25) is 9.69 Å². The number of nitriles is 1. The molecule has 124 valence electrons. The molecule has 0 unspecified atom stereocenters. The summed E-state index contributed by atoms with van der Waals surface area (Å²) in [6.07, 6.45) is -3.75. The molecule has 1 aromatic rings. The van der Waals surface area contributed by atoms with E-state index in [1.54, 1.807) is 0 Å². The van der Waals surface area contributed by atoms with Crippen LogP contribution in [0.2, 0.25) is 5.02 Å². The molecule has 1 aliphatic heterocycles. The van der Waals surface area contributed by atoms with Gasteiger partial charge in [0.05, 0.1) is 23.7 Å². The molecular weight excluding hydrogens is 331 g/mol. The fourth-order valence-electron chi connectivity index (χ4n) is 2.58. The molecule has 1 amide bonds. The lowest BCUT2D eigenvalue weighted by Gasteiger charge is -2.33. The van der Waals surface area contributed by atoms with Crippen LogP contribution in [-0.2, 0) is 4.79 Å². The summed E-state index contributed by atoms with van der Waals surface area (Å²) in [4.78, 5) is 13.5. The lowest BCUT2D eigenvalue weighted by atomic mass is 9.97. The van der Waals surface area contributed by atoms with Crippen LogP contribution in [0.4, 0.5) is 18.9 Å². The summed E-state index contributed by atoms with van der Waals surface area (Å²) in [6.45, 7) is 0.113. The number of piperidine rings is 1. The first-order valence-electron chi connectivity index (χ1n) is 7.08. The minimum atomic E-state index is -4.24. The van der Waals surface area contributed by atoms with Crippen LogP contribution in [0, 0.1) is 17.2 Å². The SMILES string of the molecule is N#Cc1ccc(Cl)cc1NC(=O)CN1CCC[C@@H](C(F)(F)F)C1. The monoisotopic (exact) mass is 345 g/mol. The van der Waals surface area contributed by atoms with Crippen LogP contribution in [0.5, 0.6) is 0 Å². The summed E-state index contributed by atoms with van der Waals surface area (Å²) in [5.74, 6) is -1.86. The minimum Gasteiger partial charge on any atom is -0.324 e. The number of rotatable bonds is 3. The van der Waals surface area contributed by atoms with E-state index in [4.69, 9.17) is 16.9 Å². The van der Waals surface area contributed by atoms with Gasteiger partial charge >= 0.3 is 6.18 Å². The Morgan fingerprint density at radius 1 is 1.48 bits per heavy atom. The largest absolute Gasteiger partial charge is 0.393 e. The molecule has 2 rings (SSSR count). The highest BCUT2D eigenvalue weighted by Gasteiger charge is 2.41. The van der Waals surface area contributed by atoms with Gasteiger partial charge in [-0.25, -0.2) is 0 Å². The molecule has 0 radical (unpaired) electrons. The third-order valence-corrected chi connectivity index (χ3v) is 3.95. The fraction of sp³-hybridized carbons (Fsp3) is 0.467. The number of amides is 1. The number of halogens is 4. The van der Waals surface area contributed by atoms with Crippen LogP contribution < -0.4 is 5.32 Å². The Bertz CT molecular complexity index is 627. The highest BCUT2D eigenvalue weighted by Crippen LogP contribution is 2.33. The molecule has 0 bridgehead atoms. The number of benzene rings is 1. The van der Waals surface area contributed by atoms with Crippen molar-refractivity contribution in [3.8, 4) is 6.07 Å². The fourth-order valence-corrected chi connectivity index (χ4v) is 2.75. The van der Waals surface area contributed by atoms with Crippen LogP contribution in [0.25, 0.3) is 0 Å².